The van der Waals surface area contributed by atoms with Crippen molar-refractivity contribution in [1.82, 2.24) is 5.32 Å². The normalized spacial score (nSPS) is 11.2. The van der Waals surface area contributed by atoms with E-state index < -0.39 is 11.6 Å². The van der Waals surface area contributed by atoms with Crippen LogP contribution in [0, 0.1) is 0 Å². The fraction of sp³-hybridized carbons (Fsp3) is 0.294. The first-order valence-electron chi connectivity index (χ1n) is 7.41. The average Bonchev–Trinajstić information content (AvgIpc) is 2.92. The number of halogens is 2. The second-order valence-corrected chi connectivity index (χ2v) is 8.44. The van der Waals surface area contributed by atoms with Crippen molar-refractivity contribution in [3.8, 4) is 0 Å². The van der Waals surface area contributed by atoms with Gasteiger partial charge in [-0.1, -0.05) is 23.2 Å². The van der Waals surface area contributed by atoms with Crippen LogP contribution >= 0.6 is 34.5 Å². The van der Waals surface area contributed by atoms with Crippen LogP contribution in [-0.2, 0) is 11.3 Å². The first kappa shape index (κ1) is 19.6. The molecule has 25 heavy (non-hydrogen) atoms. The molecule has 1 amide bonds. The Morgan fingerprint density at radius 2 is 1.92 bits per heavy atom. The molecule has 0 atom stereocenters. The average molecular weight is 401 g/mol. The highest BCUT2D eigenvalue weighted by atomic mass is 35.5. The first-order valence-corrected chi connectivity index (χ1v) is 8.99. The molecule has 0 aliphatic carbocycles. The third kappa shape index (κ3) is 5.36. The molecule has 0 bridgehead atoms. The predicted octanol–water partition coefficient (Wildman–Crippen LogP) is 4.52. The van der Waals surface area contributed by atoms with Gasteiger partial charge in [0.2, 0.25) is 0 Å². The number of amides is 1. The standard InChI is InChI=1S/C17H18Cl2N2O3S/c1-17(2,3)24-16(23)10-7-12(20)9(6-11(10)18)8-21-15(22)13-4-5-14(19)25-13/h4-7H,8,20H2,1-3H3,(H,21,22). The number of carbonyl (C=O) groups is 2. The maximum atomic E-state index is 12.2. The molecule has 2 aromatic rings. The molecule has 1 aromatic heterocycles. The molecular weight excluding hydrogens is 383 g/mol. The highest BCUT2D eigenvalue weighted by Crippen LogP contribution is 2.26. The van der Waals surface area contributed by atoms with Crippen LogP contribution in [0.4, 0.5) is 5.69 Å². The molecule has 134 valence electrons. The first-order chi connectivity index (χ1) is 11.6. The molecule has 0 saturated heterocycles. The quantitative estimate of drug-likeness (QED) is 0.583. The molecule has 1 aromatic carbocycles. The number of nitrogen functional groups attached to an aromatic ring is 1. The Morgan fingerprint density at radius 3 is 2.48 bits per heavy atom. The summed E-state index contributed by atoms with van der Waals surface area (Å²) in [5.74, 6) is -0.809. The van der Waals surface area contributed by atoms with Gasteiger partial charge in [-0.15, -0.1) is 11.3 Å². The molecule has 0 radical (unpaired) electrons. The third-order valence-electron chi connectivity index (χ3n) is 3.08. The number of ether oxygens (including phenoxy) is 1. The Kier molecular flexibility index (Phi) is 5.98. The van der Waals surface area contributed by atoms with Crippen molar-refractivity contribution in [3.63, 3.8) is 0 Å². The van der Waals surface area contributed by atoms with Crippen LogP contribution in [0.15, 0.2) is 24.3 Å². The van der Waals surface area contributed by atoms with Gasteiger partial charge in [0.05, 0.1) is 19.8 Å². The smallest absolute Gasteiger partial charge is 0.340 e. The van der Waals surface area contributed by atoms with E-state index >= 15 is 0 Å². The van der Waals surface area contributed by atoms with Gasteiger partial charge in [-0.2, -0.15) is 0 Å². The summed E-state index contributed by atoms with van der Waals surface area (Å²) in [5, 5.41) is 2.96. The minimum Gasteiger partial charge on any atom is -0.456 e. The van der Waals surface area contributed by atoms with Gasteiger partial charge in [0, 0.05) is 12.2 Å². The molecule has 2 rings (SSSR count). The van der Waals surface area contributed by atoms with Crippen molar-refractivity contribution < 1.29 is 14.3 Å². The number of hydrogen-bond acceptors (Lipinski definition) is 5. The van der Waals surface area contributed by atoms with Crippen LogP contribution in [0.2, 0.25) is 9.36 Å². The van der Waals surface area contributed by atoms with Crippen molar-refractivity contribution in [3.05, 3.63) is 49.6 Å². The number of anilines is 1. The topological polar surface area (TPSA) is 81.4 Å². The zero-order chi connectivity index (χ0) is 18.8. The number of nitrogens with one attached hydrogen (secondary N) is 1. The van der Waals surface area contributed by atoms with Crippen molar-refractivity contribution in [1.29, 1.82) is 0 Å². The highest BCUT2D eigenvalue weighted by molar-refractivity contribution is 7.17. The zero-order valence-corrected chi connectivity index (χ0v) is 16.3. The number of benzene rings is 1. The lowest BCUT2D eigenvalue weighted by Crippen LogP contribution is -2.25. The monoisotopic (exact) mass is 400 g/mol. The molecule has 0 spiro atoms. The number of thiophene rings is 1. The van der Waals surface area contributed by atoms with E-state index in [2.05, 4.69) is 5.32 Å². The molecule has 0 aliphatic heterocycles. The van der Waals surface area contributed by atoms with Crippen LogP contribution < -0.4 is 11.1 Å². The third-order valence-corrected chi connectivity index (χ3v) is 4.63. The molecule has 3 N–H and O–H groups in total. The van der Waals surface area contributed by atoms with Crippen LogP contribution in [0.5, 0.6) is 0 Å². The highest BCUT2D eigenvalue weighted by Gasteiger charge is 2.21. The summed E-state index contributed by atoms with van der Waals surface area (Å²) < 4.78 is 5.83. The largest absolute Gasteiger partial charge is 0.456 e. The lowest BCUT2D eigenvalue weighted by atomic mass is 10.1. The van der Waals surface area contributed by atoms with Crippen LogP contribution in [0.1, 0.15) is 46.4 Å². The summed E-state index contributed by atoms with van der Waals surface area (Å²) in [6.45, 7) is 5.48. The lowest BCUT2D eigenvalue weighted by molar-refractivity contribution is 0.00696. The Hall–Kier alpha value is -1.76. The van der Waals surface area contributed by atoms with Crippen molar-refractivity contribution >= 4 is 52.1 Å². The van der Waals surface area contributed by atoms with Crippen molar-refractivity contribution in [2.45, 2.75) is 32.9 Å². The predicted molar refractivity (Wildman–Crippen MR) is 102 cm³/mol. The van der Waals surface area contributed by atoms with Gasteiger partial charge in [0.1, 0.15) is 5.60 Å². The Morgan fingerprint density at radius 1 is 1.24 bits per heavy atom. The van der Waals surface area contributed by atoms with E-state index in [1.54, 1.807) is 39.0 Å². The van der Waals surface area contributed by atoms with Crippen LogP contribution in [0.25, 0.3) is 0 Å². The molecule has 0 aliphatic rings. The van der Waals surface area contributed by atoms with Gasteiger partial charge in [-0.3, -0.25) is 4.79 Å². The molecule has 0 saturated carbocycles. The van der Waals surface area contributed by atoms with Crippen molar-refractivity contribution in [2.24, 2.45) is 0 Å². The molecule has 1 heterocycles. The summed E-state index contributed by atoms with van der Waals surface area (Å²) in [6.07, 6.45) is 0. The van der Waals surface area contributed by atoms with Gasteiger partial charge in [-0.05, 0) is 50.6 Å². The second kappa shape index (κ2) is 7.64. The lowest BCUT2D eigenvalue weighted by Gasteiger charge is -2.20. The van der Waals surface area contributed by atoms with Crippen molar-refractivity contribution in [2.75, 3.05) is 5.73 Å². The summed E-state index contributed by atoms with van der Waals surface area (Å²) in [5.41, 5.74) is 6.49. The van der Waals surface area contributed by atoms with E-state index in [1.807, 2.05) is 0 Å². The Labute approximate surface area is 160 Å². The van der Waals surface area contributed by atoms with E-state index in [-0.39, 0.29) is 23.0 Å². The zero-order valence-electron chi connectivity index (χ0n) is 14.0. The molecule has 0 fully saturated rings. The summed E-state index contributed by atoms with van der Waals surface area (Å²) in [6, 6.07) is 6.31. The maximum Gasteiger partial charge on any atom is 0.340 e. The number of rotatable bonds is 4. The number of hydrogen-bond donors (Lipinski definition) is 2. The second-order valence-electron chi connectivity index (χ2n) is 6.32. The number of carbonyl (C=O) groups excluding carboxylic acids is 2. The minimum atomic E-state index is -0.635. The molecule has 5 nitrogen and oxygen atoms in total. The van der Waals surface area contributed by atoms with Gasteiger partial charge >= 0.3 is 5.97 Å². The van der Waals surface area contributed by atoms with Crippen LogP contribution in [-0.4, -0.2) is 17.5 Å². The van der Waals surface area contributed by atoms with E-state index in [4.69, 9.17) is 33.7 Å². The fourth-order valence-corrected chi connectivity index (χ4v) is 3.20. The van der Waals surface area contributed by atoms with E-state index in [0.29, 0.717) is 20.5 Å². The van der Waals surface area contributed by atoms with Gasteiger partial charge in [0.15, 0.2) is 0 Å². The van der Waals surface area contributed by atoms with Gasteiger partial charge in [-0.25, -0.2) is 4.79 Å². The minimum absolute atomic E-state index is 0.175. The number of nitrogens with two attached hydrogens (primary N) is 1. The Balaban J connectivity index is 2.11. The SMILES string of the molecule is CC(C)(C)OC(=O)c1cc(N)c(CNC(=O)c2ccc(Cl)s2)cc1Cl. The van der Waals surface area contributed by atoms with Gasteiger partial charge in [0.25, 0.3) is 5.91 Å². The Bertz CT molecular complexity index is 813. The maximum absolute atomic E-state index is 12.2. The van der Waals surface area contributed by atoms with Crippen LogP contribution in [0.3, 0.4) is 0 Å². The molecule has 0 unspecified atom stereocenters. The number of esters is 1. The fourth-order valence-electron chi connectivity index (χ4n) is 1.97. The summed E-state index contributed by atoms with van der Waals surface area (Å²) in [4.78, 5) is 24.7. The molecular formula is C17H18Cl2N2O3S. The van der Waals surface area contributed by atoms with Gasteiger partial charge < -0.3 is 15.8 Å². The molecule has 8 heteroatoms. The van der Waals surface area contributed by atoms with E-state index in [1.165, 1.54) is 17.4 Å². The van der Waals surface area contributed by atoms with E-state index in [9.17, 15) is 9.59 Å². The van der Waals surface area contributed by atoms with E-state index in [0.717, 1.165) is 0 Å². The summed E-state index contributed by atoms with van der Waals surface area (Å²) in [7, 11) is 0. The summed E-state index contributed by atoms with van der Waals surface area (Å²) >= 11 is 13.2.